The van der Waals surface area contributed by atoms with Gasteiger partial charge in [-0.05, 0) is 26.0 Å². The molecule has 3 nitrogen and oxygen atoms in total. The highest BCUT2D eigenvalue weighted by molar-refractivity contribution is 7.80. The lowest BCUT2D eigenvalue weighted by molar-refractivity contribution is 0.298. The van der Waals surface area contributed by atoms with Crippen LogP contribution < -0.4 is 10.6 Å². The highest BCUT2D eigenvalue weighted by Crippen LogP contribution is 2.26. The lowest BCUT2D eigenvalue weighted by Crippen LogP contribution is -2.35. The van der Waals surface area contributed by atoms with E-state index in [4.69, 9.17) is 10.8 Å². The molecule has 0 heterocycles. The smallest absolute Gasteiger partial charge is 0.150 e. The number of hydrogen-bond donors (Lipinski definition) is 2. The number of nitrogens with zero attached hydrogens (tertiary/aromatic N) is 1. The highest BCUT2D eigenvalue weighted by atomic mass is 32.1. The van der Waals surface area contributed by atoms with Crippen molar-refractivity contribution in [1.82, 2.24) is 0 Å². The lowest BCUT2D eigenvalue weighted by Gasteiger charge is -2.29. The summed E-state index contributed by atoms with van der Waals surface area (Å²) in [5, 5.41) is 8.94. The van der Waals surface area contributed by atoms with Gasteiger partial charge >= 0.3 is 0 Å². The van der Waals surface area contributed by atoms with Gasteiger partial charge in [0.1, 0.15) is 22.3 Å². The van der Waals surface area contributed by atoms with Crippen LogP contribution in [0.5, 0.6) is 0 Å². The first kappa shape index (κ1) is 14.8. The number of hydrogen-bond acceptors (Lipinski definition) is 3. The zero-order valence-electron chi connectivity index (χ0n) is 10.3. The number of anilines is 1. The standard InChI is InChI=1S/C12H16F2N2OS/c1-7(2)16(3-4-17)11-9(13)5-8(12(15)18)6-10(11)14/h5-7,17H,3-4H2,1-2H3,(H2,15,18). The van der Waals surface area contributed by atoms with E-state index in [2.05, 4.69) is 12.2 Å². The van der Waals surface area contributed by atoms with Gasteiger partial charge in [0.05, 0.1) is 6.61 Å². The van der Waals surface area contributed by atoms with Gasteiger partial charge in [-0.15, -0.1) is 0 Å². The molecular weight excluding hydrogens is 258 g/mol. The molecule has 0 aliphatic heterocycles. The average Bonchev–Trinajstić information content (AvgIpc) is 2.26. The van der Waals surface area contributed by atoms with E-state index >= 15 is 0 Å². The summed E-state index contributed by atoms with van der Waals surface area (Å²) < 4.78 is 27.9. The summed E-state index contributed by atoms with van der Waals surface area (Å²) in [5.74, 6) is -1.47. The van der Waals surface area contributed by atoms with Crippen LogP contribution in [0.3, 0.4) is 0 Å². The molecule has 0 saturated carbocycles. The Morgan fingerprint density at radius 1 is 1.39 bits per heavy atom. The van der Waals surface area contributed by atoms with Crippen molar-refractivity contribution in [3.63, 3.8) is 0 Å². The number of rotatable bonds is 5. The van der Waals surface area contributed by atoms with Crippen molar-refractivity contribution in [3.8, 4) is 0 Å². The minimum Gasteiger partial charge on any atom is -0.395 e. The maximum absolute atomic E-state index is 13.9. The van der Waals surface area contributed by atoms with Gasteiger partial charge in [-0.1, -0.05) is 12.2 Å². The summed E-state index contributed by atoms with van der Waals surface area (Å²) in [6.07, 6.45) is 0. The fourth-order valence-corrected chi connectivity index (χ4v) is 1.84. The molecule has 0 amide bonds. The van der Waals surface area contributed by atoms with Crippen LogP contribution in [0.2, 0.25) is 0 Å². The van der Waals surface area contributed by atoms with Crippen molar-refractivity contribution in [3.05, 3.63) is 29.3 Å². The Morgan fingerprint density at radius 3 is 2.22 bits per heavy atom. The van der Waals surface area contributed by atoms with Crippen LogP contribution in [0.4, 0.5) is 14.5 Å². The van der Waals surface area contributed by atoms with E-state index in [1.807, 2.05) is 0 Å². The van der Waals surface area contributed by atoms with Gasteiger partial charge in [0.15, 0.2) is 0 Å². The van der Waals surface area contributed by atoms with E-state index < -0.39 is 11.6 Å². The third kappa shape index (κ3) is 3.14. The number of nitrogens with two attached hydrogens (primary N) is 1. The maximum Gasteiger partial charge on any atom is 0.150 e. The molecule has 0 fully saturated rings. The zero-order chi connectivity index (χ0) is 13.9. The molecular formula is C12H16F2N2OS. The van der Waals surface area contributed by atoms with Crippen molar-refractivity contribution in [1.29, 1.82) is 0 Å². The van der Waals surface area contributed by atoms with Crippen LogP contribution in [0.25, 0.3) is 0 Å². The van der Waals surface area contributed by atoms with Crippen LogP contribution in [0.1, 0.15) is 19.4 Å². The summed E-state index contributed by atoms with van der Waals surface area (Å²) in [7, 11) is 0. The van der Waals surface area contributed by atoms with Crippen molar-refractivity contribution in [2.45, 2.75) is 19.9 Å². The average molecular weight is 274 g/mol. The molecule has 0 spiro atoms. The Kier molecular flexibility index (Phi) is 4.98. The lowest BCUT2D eigenvalue weighted by atomic mass is 10.1. The largest absolute Gasteiger partial charge is 0.395 e. The minimum absolute atomic E-state index is 0.0578. The molecule has 0 aliphatic rings. The van der Waals surface area contributed by atoms with Crippen LogP contribution in [-0.2, 0) is 0 Å². The van der Waals surface area contributed by atoms with Crippen molar-refractivity contribution < 1.29 is 13.9 Å². The molecule has 0 atom stereocenters. The van der Waals surface area contributed by atoms with Crippen LogP contribution in [0.15, 0.2) is 12.1 Å². The number of aliphatic hydroxyl groups excluding tert-OH is 1. The van der Waals surface area contributed by atoms with Crippen LogP contribution >= 0.6 is 12.2 Å². The Labute approximate surface area is 110 Å². The van der Waals surface area contributed by atoms with E-state index in [9.17, 15) is 8.78 Å². The van der Waals surface area contributed by atoms with Crippen molar-refractivity contribution in [2.24, 2.45) is 5.73 Å². The van der Waals surface area contributed by atoms with Gasteiger partial charge in [0.25, 0.3) is 0 Å². The summed E-state index contributed by atoms with van der Waals surface area (Å²) in [5.41, 5.74) is 5.32. The molecule has 0 saturated heterocycles. The molecule has 100 valence electrons. The van der Waals surface area contributed by atoms with Crippen molar-refractivity contribution >= 4 is 22.9 Å². The second-order valence-electron chi connectivity index (χ2n) is 4.16. The minimum atomic E-state index is -0.736. The second-order valence-corrected chi connectivity index (χ2v) is 4.60. The van der Waals surface area contributed by atoms with Crippen LogP contribution in [-0.4, -0.2) is 29.3 Å². The molecule has 0 unspecified atom stereocenters. The van der Waals surface area contributed by atoms with Gasteiger partial charge in [0, 0.05) is 18.2 Å². The van der Waals surface area contributed by atoms with Gasteiger partial charge in [-0.3, -0.25) is 0 Å². The molecule has 6 heteroatoms. The summed E-state index contributed by atoms with van der Waals surface area (Å²) in [4.78, 5) is 1.39. The Morgan fingerprint density at radius 2 is 1.89 bits per heavy atom. The summed E-state index contributed by atoms with van der Waals surface area (Å²) in [6.45, 7) is 3.54. The predicted octanol–water partition coefficient (Wildman–Crippen LogP) is 1.81. The number of aliphatic hydroxyl groups is 1. The van der Waals surface area contributed by atoms with E-state index in [1.54, 1.807) is 13.8 Å². The van der Waals surface area contributed by atoms with Crippen LogP contribution in [0, 0.1) is 11.6 Å². The topological polar surface area (TPSA) is 49.5 Å². The molecule has 1 aromatic rings. The molecule has 0 aromatic heterocycles. The Bertz CT molecular complexity index is 429. The monoisotopic (exact) mass is 274 g/mol. The van der Waals surface area contributed by atoms with E-state index in [0.717, 1.165) is 12.1 Å². The second kappa shape index (κ2) is 6.06. The molecule has 18 heavy (non-hydrogen) atoms. The van der Waals surface area contributed by atoms with E-state index in [-0.39, 0.29) is 35.4 Å². The van der Waals surface area contributed by atoms with Gasteiger partial charge in [-0.2, -0.15) is 0 Å². The molecule has 3 N–H and O–H groups in total. The quantitative estimate of drug-likeness (QED) is 0.804. The first-order valence-electron chi connectivity index (χ1n) is 5.54. The molecule has 1 aromatic carbocycles. The first-order valence-corrected chi connectivity index (χ1v) is 5.95. The fraction of sp³-hybridized carbons (Fsp3) is 0.417. The molecule has 0 radical (unpaired) electrons. The van der Waals surface area contributed by atoms with E-state index in [1.165, 1.54) is 4.90 Å². The summed E-state index contributed by atoms with van der Waals surface area (Å²) >= 11 is 4.68. The number of benzene rings is 1. The SMILES string of the molecule is CC(C)N(CCO)c1c(F)cc(C(N)=S)cc1F. The Hall–Kier alpha value is -1.27. The third-order valence-corrected chi connectivity index (χ3v) is 2.79. The van der Waals surface area contributed by atoms with Crippen molar-refractivity contribution in [2.75, 3.05) is 18.1 Å². The molecule has 0 aliphatic carbocycles. The normalized spacial score (nSPS) is 10.8. The van der Waals surface area contributed by atoms with E-state index in [0.29, 0.717) is 0 Å². The number of thiocarbonyl (C=S) groups is 1. The summed E-state index contributed by atoms with van der Waals surface area (Å²) in [6, 6.07) is 2.07. The van der Waals surface area contributed by atoms with Gasteiger partial charge in [-0.25, -0.2) is 8.78 Å². The van der Waals surface area contributed by atoms with Gasteiger partial charge < -0.3 is 15.7 Å². The molecule has 1 rings (SSSR count). The zero-order valence-corrected chi connectivity index (χ0v) is 11.1. The fourth-order valence-electron chi connectivity index (χ4n) is 1.72. The molecule has 0 bridgehead atoms. The Balaban J connectivity index is 3.27. The van der Waals surface area contributed by atoms with Gasteiger partial charge in [0.2, 0.25) is 0 Å². The predicted molar refractivity (Wildman–Crippen MR) is 71.8 cm³/mol. The number of halogens is 2. The maximum atomic E-state index is 13.9. The highest BCUT2D eigenvalue weighted by Gasteiger charge is 2.20. The first-order chi connectivity index (χ1) is 8.38. The third-order valence-electron chi connectivity index (χ3n) is 2.55.